The summed E-state index contributed by atoms with van der Waals surface area (Å²) in [7, 11) is 1.68. The van der Waals surface area contributed by atoms with Crippen LogP contribution in [0.5, 0.6) is 5.75 Å². The minimum atomic E-state index is -0.223. The summed E-state index contributed by atoms with van der Waals surface area (Å²) in [5.74, 6) is 1.37. The topological polar surface area (TPSA) is 42.8 Å². The third-order valence-electron chi connectivity index (χ3n) is 6.41. The fourth-order valence-electron chi connectivity index (χ4n) is 4.66. The minimum absolute atomic E-state index is 0.223. The Morgan fingerprint density at radius 1 is 1.03 bits per heavy atom. The first-order valence-electron chi connectivity index (χ1n) is 12.2. The van der Waals surface area contributed by atoms with Gasteiger partial charge in [0.15, 0.2) is 0 Å². The van der Waals surface area contributed by atoms with Crippen molar-refractivity contribution in [3.05, 3.63) is 89.6 Å². The highest BCUT2D eigenvalue weighted by Gasteiger charge is 2.27. The highest BCUT2D eigenvalue weighted by Crippen LogP contribution is 2.32. The van der Waals surface area contributed by atoms with Crippen LogP contribution in [0.2, 0.25) is 0 Å². The van der Waals surface area contributed by atoms with Crippen molar-refractivity contribution in [1.82, 2.24) is 14.6 Å². The van der Waals surface area contributed by atoms with Gasteiger partial charge >= 0.3 is 0 Å². The van der Waals surface area contributed by atoms with E-state index >= 15 is 0 Å². The second kappa shape index (κ2) is 10.3. The molecule has 1 saturated heterocycles. The highest BCUT2D eigenvalue weighted by atomic mass is 19.1. The molecule has 5 rings (SSSR count). The molecule has 0 amide bonds. The first-order valence-corrected chi connectivity index (χ1v) is 12.2. The molecule has 182 valence electrons. The number of hydrogen-bond acceptors (Lipinski definition) is 5. The van der Waals surface area contributed by atoms with Crippen LogP contribution in [0, 0.1) is 12.7 Å². The van der Waals surface area contributed by atoms with Crippen molar-refractivity contribution < 1.29 is 13.9 Å². The number of ether oxygens (including phenoxy) is 2. The summed E-state index contributed by atoms with van der Waals surface area (Å²) < 4.78 is 27.5. The van der Waals surface area contributed by atoms with Crippen LogP contribution in [0.15, 0.2) is 72.5 Å². The maximum absolute atomic E-state index is 13.6. The lowest BCUT2D eigenvalue weighted by atomic mass is 10.1. The second-order valence-corrected chi connectivity index (χ2v) is 8.87. The number of nitrogens with zero attached hydrogens (tertiary/aromatic N) is 4. The zero-order valence-corrected chi connectivity index (χ0v) is 20.3. The molecular formula is C28H31FN4O2. The molecular weight excluding hydrogens is 443 g/mol. The molecule has 0 N–H and O–H groups in total. The Hall–Kier alpha value is -3.74. The van der Waals surface area contributed by atoms with Crippen molar-refractivity contribution in [1.29, 1.82) is 0 Å². The zero-order valence-electron chi connectivity index (χ0n) is 20.3. The average molecular weight is 475 g/mol. The van der Waals surface area contributed by atoms with E-state index in [4.69, 9.17) is 9.47 Å². The number of imidazole rings is 1. The molecule has 35 heavy (non-hydrogen) atoms. The number of fused-ring (bicyclic) bond motifs is 1. The van der Waals surface area contributed by atoms with E-state index in [9.17, 15) is 4.39 Å². The Morgan fingerprint density at radius 2 is 1.89 bits per heavy atom. The molecule has 0 radical (unpaired) electrons. The normalized spacial score (nSPS) is 17.7. The van der Waals surface area contributed by atoms with Crippen molar-refractivity contribution in [2.45, 2.75) is 32.6 Å². The molecule has 3 heterocycles. The van der Waals surface area contributed by atoms with Crippen LogP contribution >= 0.6 is 0 Å². The molecule has 6 nitrogen and oxygen atoms in total. The van der Waals surface area contributed by atoms with Crippen LogP contribution in [0.25, 0.3) is 11.8 Å². The quantitative estimate of drug-likeness (QED) is 0.472. The SMILES string of the molecule is COc1cc(C=C2OCCN3C2=CCCCCCN3c2ccc(F)cc2)ccc1-n1cnc(C)c1. The van der Waals surface area contributed by atoms with Crippen molar-refractivity contribution in [2.75, 3.05) is 31.8 Å². The fourth-order valence-corrected chi connectivity index (χ4v) is 4.66. The van der Waals surface area contributed by atoms with E-state index in [1.54, 1.807) is 13.4 Å². The first-order chi connectivity index (χ1) is 17.1. The molecule has 1 fully saturated rings. The van der Waals surface area contributed by atoms with E-state index in [1.807, 2.05) is 42.0 Å². The smallest absolute Gasteiger partial charge is 0.144 e. The van der Waals surface area contributed by atoms with Crippen molar-refractivity contribution in [3.63, 3.8) is 0 Å². The molecule has 0 aliphatic carbocycles. The van der Waals surface area contributed by atoms with Gasteiger partial charge in [0, 0.05) is 12.7 Å². The lowest BCUT2D eigenvalue weighted by molar-refractivity contribution is 0.122. The predicted octanol–water partition coefficient (Wildman–Crippen LogP) is 5.88. The average Bonchev–Trinajstić information content (AvgIpc) is 3.34. The maximum Gasteiger partial charge on any atom is 0.144 e. The predicted molar refractivity (Wildman–Crippen MR) is 136 cm³/mol. The number of hydrogen-bond donors (Lipinski definition) is 0. The van der Waals surface area contributed by atoms with E-state index < -0.39 is 0 Å². The van der Waals surface area contributed by atoms with Crippen molar-refractivity contribution in [2.24, 2.45) is 0 Å². The molecule has 1 aromatic heterocycles. The van der Waals surface area contributed by atoms with Crippen molar-refractivity contribution in [3.8, 4) is 11.4 Å². The number of morpholine rings is 1. The van der Waals surface area contributed by atoms with Crippen LogP contribution in [-0.2, 0) is 4.74 Å². The van der Waals surface area contributed by atoms with Gasteiger partial charge < -0.3 is 14.0 Å². The van der Waals surface area contributed by atoms with Gasteiger partial charge in [-0.25, -0.2) is 9.37 Å². The molecule has 0 spiro atoms. The lowest BCUT2D eigenvalue weighted by Crippen LogP contribution is -2.47. The molecule has 0 unspecified atom stereocenters. The summed E-state index contributed by atoms with van der Waals surface area (Å²) in [6, 6.07) is 12.9. The van der Waals surface area contributed by atoms with Gasteiger partial charge in [0.25, 0.3) is 0 Å². The third kappa shape index (κ3) is 5.04. The van der Waals surface area contributed by atoms with E-state index in [0.717, 1.165) is 78.6 Å². The molecule has 2 aliphatic heterocycles. The number of halogens is 1. The Kier molecular flexibility index (Phi) is 6.75. The van der Waals surface area contributed by atoms with Gasteiger partial charge in [-0.15, -0.1) is 0 Å². The molecule has 0 saturated carbocycles. The molecule has 2 aromatic carbocycles. The van der Waals surface area contributed by atoms with E-state index in [1.165, 1.54) is 12.1 Å². The largest absolute Gasteiger partial charge is 0.495 e. The van der Waals surface area contributed by atoms with Gasteiger partial charge in [0.1, 0.15) is 23.9 Å². The number of hydrazine groups is 1. The van der Waals surface area contributed by atoms with E-state index in [-0.39, 0.29) is 5.82 Å². The molecule has 0 atom stereocenters. The Morgan fingerprint density at radius 3 is 2.66 bits per heavy atom. The van der Waals surface area contributed by atoms with Gasteiger partial charge in [0.2, 0.25) is 0 Å². The van der Waals surface area contributed by atoms with E-state index in [2.05, 4.69) is 33.2 Å². The lowest BCUT2D eigenvalue weighted by Gasteiger charge is -2.42. The van der Waals surface area contributed by atoms with Gasteiger partial charge in [0.05, 0.1) is 42.7 Å². The standard InChI is InChI=1S/C28H31FN4O2/c1-21-19-31(20-30-21)25-13-8-22(17-27(25)34-2)18-28-26-7-5-3-4-6-14-32(33(26)15-16-35-28)24-11-9-23(29)10-12-24/h7-13,17-20H,3-6,14-16H2,1-2H3. The first kappa shape index (κ1) is 23.0. The van der Waals surface area contributed by atoms with Gasteiger partial charge in [-0.2, -0.15) is 0 Å². The second-order valence-electron chi connectivity index (χ2n) is 8.87. The summed E-state index contributed by atoms with van der Waals surface area (Å²) >= 11 is 0. The van der Waals surface area contributed by atoms with Gasteiger partial charge in [-0.1, -0.05) is 18.6 Å². The summed E-state index contributed by atoms with van der Waals surface area (Å²) in [5, 5.41) is 4.55. The number of allylic oxidation sites excluding steroid dienone is 1. The number of anilines is 1. The van der Waals surface area contributed by atoms with Gasteiger partial charge in [-0.05, 0) is 74.2 Å². The number of rotatable bonds is 4. The highest BCUT2D eigenvalue weighted by molar-refractivity contribution is 5.62. The van der Waals surface area contributed by atoms with Crippen LogP contribution < -0.4 is 9.75 Å². The number of aromatic nitrogens is 2. The van der Waals surface area contributed by atoms with Crippen LogP contribution in [0.1, 0.15) is 36.9 Å². The third-order valence-corrected chi connectivity index (χ3v) is 6.41. The van der Waals surface area contributed by atoms with Gasteiger partial charge in [-0.3, -0.25) is 10.0 Å². The summed E-state index contributed by atoms with van der Waals surface area (Å²) in [4.78, 5) is 4.33. The van der Waals surface area contributed by atoms with Crippen LogP contribution in [0.4, 0.5) is 10.1 Å². The zero-order chi connectivity index (χ0) is 24.2. The van der Waals surface area contributed by atoms with Crippen LogP contribution in [-0.4, -0.2) is 41.4 Å². The summed E-state index contributed by atoms with van der Waals surface area (Å²) in [6.45, 7) is 4.16. The number of aryl methyl sites for hydroxylation is 1. The molecule has 3 aromatic rings. The Labute approximate surface area is 205 Å². The Balaban J connectivity index is 1.49. The molecule has 0 bridgehead atoms. The number of methoxy groups -OCH3 is 1. The van der Waals surface area contributed by atoms with E-state index in [0.29, 0.717) is 6.61 Å². The minimum Gasteiger partial charge on any atom is -0.495 e. The monoisotopic (exact) mass is 474 g/mol. The van der Waals surface area contributed by atoms with Crippen molar-refractivity contribution >= 4 is 11.8 Å². The molecule has 7 heteroatoms. The van der Waals surface area contributed by atoms with Crippen LogP contribution in [0.3, 0.4) is 0 Å². The number of benzene rings is 2. The summed E-state index contributed by atoms with van der Waals surface area (Å²) in [5.41, 5.74) is 4.92. The molecule has 2 aliphatic rings. The Bertz CT molecular complexity index is 1230. The maximum atomic E-state index is 13.6. The summed E-state index contributed by atoms with van der Waals surface area (Å²) in [6.07, 6.45) is 12.5. The fraction of sp³-hybridized carbons (Fsp3) is 0.321.